The summed E-state index contributed by atoms with van der Waals surface area (Å²) in [5.41, 5.74) is 0.840. The second-order valence-electron chi connectivity index (χ2n) is 4.84. The lowest BCUT2D eigenvalue weighted by atomic mass is 9.79. The molecule has 1 aliphatic rings. The number of carboxylic acids is 1. The van der Waals surface area contributed by atoms with Crippen LogP contribution in [0.1, 0.15) is 43.7 Å². The van der Waals surface area contributed by atoms with E-state index in [2.05, 4.69) is 6.92 Å². The van der Waals surface area contributed by atoms with Crippen LogP contribution in [0.5, 0.6) is 0 Å². The number of rotatable bonds is 5. The number of fused-ring (bicyclic) bond motifs is 1. The second kappa shape index (κ2) is 5.53. The summed E-state index contributed by atoms with van der Waals surface area (Å²) in [4.78, 5) is 11.7. The first-order valence-electron chi connectivity index (χ1n) is 6.66. The normalized spacial score (nSPS) is 22.5. The van der Waals surface area contributed by atoms with Gasteiger partial charge >= 0.3 is 5.97 Å². The molecule has 0 bridgehead atoms. The van der Waals surface area contributed by atoms with Crippen molar-refractivity contribution in [1.82, 2.24) is 0 Å². The van der Waals surface area contributed by atoms with Gasteiger partial charge < -0.3 is 9.84 Å². The van der Waals surface area contributed by atoms with Crippen molar-refractivity contribution in [2.45, 2.75) is 44.6 Å². The molecule has 0 aromatic heterocycles. The van der Waals surface area contributed by atoms with E-state index in [-0.39, 0.29) is 0 Å². The number of ether oxygens (including phenoxy) is 1. The summed E-state index contributed by atoms with van der Waals surface area (Å²) in [6.07, 6.45) is 4.30. The lowest BCUT2D eigenvalue weighted by molar-refractivity contribution is -0.170. The second-order valence-corrected chi connectivity index (χ2v) is 4.84. The van der Waals surface area contributed by atoms with Crippen LogP contribution in [-0.2, 0) is 21.6 Å². The van der Waals surface area contributed by atoms with Crippen LogP contribution >= 0.6 is 0 Å². The number of benzene rings is 1. The van der Waals surface area contributed by atoms with E-state index in [4.69, 9.17) is 4.74 Å². The Kier molecular flexibility index (Phi) is 4.02. The van der Waals surface area contributed by atoms with E-state index < -0.39 is 11.6 Å². The average Bonchev–Trinajstić information content (AvgIpc) is 2.39. The molecule has 1 aromatic rings. The van der Waals surface area contributed by atoms with E-state index in [1.54, 1.807) is 0 Å². The lowest BCUT2D eigenvalue weighted by Crippen LogP contribution is -2.42. The van der Waals surface area contributed by atoms with Crippen molar-refractivity contribution < 1.29 is 14.6 Å². The molecular formula is C15H20O3. The largest absolute Gasteiger partial charge is 0.479 e. The Bertz CT molecular complexity index is 428. The maximum absolute atomic E-state index is 11.7. The molecule has 1 aromatic carbocycles. The summed E-state index contributed by atoms with van der Waals surface area (Å²) >= 11 is 0. The fraction of sp³-hybridized carbons (Fsp3) is 0.533. The number of aryl methyl sites for hydroxylation is 1. The van der Waals surface area contributed by atoms with E-state index >= 15 is 0 Å². The van der Waals surface area contributed by atoms with Gasteiger partial charge in [0.05, 0.1) is 0 Å². The molecule has 0 aliphatic heterocycles. The molecule has 1 unspecified atom stereocenters. The number of unbranched alkanes of at least 4 members (excludes halogenated alkanes) is 1. The minimum absolute atomic E-state index is 0.511. The Morgan fingerprint density at radius 3 is 2.94 bits per heavy atom. The van der Waals surface area contributed by atoms with Crippen molar-refractivity contribution >= 4 is 5.97 Å². The van der Waals surface area contributed by atoms with Gasteiger partial charge in [-0.25, -0.2) is 4.79 Å². The topological polar surface area (TPSA) is 46.5 Å². The molecule has 0 heterocycles. The van der Waals surface area contributed by atoms with Gasteiger partial charge in [0.25, 0.3) is 0 Å². The van der Waals surface area contributed by atoms with E-state index in [1.807, 2.05) is 24.3 Å². The first-order valence-corrected chi connectivity index (χ1v) is 6.66. The highest BCUT2D eigenvalue weighted by Gasteiger charge is 2.44. The molecule has 98 valence electrons. The summed E-state index contributed by atoms with van der Waals surface area (Å²) in [5, 5.41) is 9.61. The first-order chi connectivity index (χ1) is 8.70. The van der Waals surface area contributed by atoms with E-state index in [0.717, 1.165) is 36.8 Å². The maximum atomic E-state index is 11.7. The maximum Gasteiger partial charge on any atom is 0.340 e. The Morgan fingerprint density at radius 1 is 1.44 bits per heavy atom. The van der Waals surface area contributed by atoms with Crippen LogP contribution in [0, 0.1) is 0 Å². The molecule has 1 N–H and O–H groups in total. The Balaban J connectivity index is 2.33. The van der Waals surface area contributed by atoms with Crippen LogP contribution in [0.3, 0.4) is 0 Å². The van der Waals surface area contributed by atoms with Crippen LogP contribution in [0.2, 0.25) is 0 Å². The summed E-state index contributed by atoms with van der Waals surface area (Å²) in [5.74, 6) is -0.856. The van der Waals surface area contributed by atoms with Gasteiger partial charge in [-0.3, -0.25) is 0 Å². The molecule has 18 heavy (non-hydrogen) atoms. The highest BCUT2D eigenvalue weighted by molar-refractivity contribution is 5.80. The molecule has 1 atom stereocenters. The zero-order chi connectivity index (χ0) is 13.0. The molecule has 0 saturated carbocycles. The fourth-order valence-electron chi connectivity index (χ4n) is 2.62. The van der Waals surface area contributed by atoms with Gasteiger partial charge in [-0.2, -0.15) is 0 Å². The van der Waals surface area contributed by atoms with Crippen molar-refractivity contribution in [3.05, 3.63) is 35.4 Å². The van der Waals surface area contributed by atoms with Gasteiger partial charge in [0, 0.05) is 6.61 Å². The van der Waals surface area contributed by atoms with E-state index in [1.165, 1.54) is 0 Å². The Morgan fingerprint density at radius 2 is 2.22 bits per heavy atom. The molecule has 0 spiro atoms. The van der Waals surface area contributed by atoms with Crippen molar-refractivity contribution in [1.29, 1.82) is 0 Å². The van der Waals surface area contributed by atoms with Gasteiger partial charge in [-0.05, 0) is 36.8 Å². The molecule has 0 saturated heterocycles. The standard InChI is InChI=1S/C15H20O3/c1-2-3-11-18-15(14(16)17)10-6-8-12-7-4-5-9-13(12)15/h4-5,7,9H,2-3,6,8,10-11H2,1H3,(H,16,17). The van der Waals surface area contributed by atoms with Gasteiger partial charge in [0.2, 0.25) is 0 Å². The fourth-order valence-corrected chi connectivity index (χ4v) is 2.62. The third kappa shape index (κ3) is 2.27. The van der Waals surface area contributed by atoms with Gasteiger partial charge in [0.15, 0.2) is 5.60 Å². The highest BCUT2D eigenvalue weighted by Crippen LogP contribution is 2.38. The van der Waals surface area contributed by atoms with Crippen LogP contribution < -0.4 is 0 Å². The third-order valence-electron chi connectivity index (χ3n) is 3.62. The summed E-state index contributed by atoms with van der Waals surface area (Å²) in [6, 6.07) is 7.76. The highest BCUT2D eigenvalue weighted by atomic mass is 16.5. The number of hydrogen-bond donors (Lipinski definition) is 1. The molecule has 2 rings (SSSR count). The predicted molar refractivity (Wildman–Crippen MR) is 69.6 cm³/mol. The Labute approximate surface area is 108 Å². The number of carboxylic acid groups (broad SMARTS) is 1. The quantitative estimate of drug-likeness (QED) is 0.814. The van der Waals surface area contributed by atoms with Crippen molar-refractivity contribution in [3.8, 4) is 0 Å². The summed E-state index contributed by atoms with van der Waals surface area (Å²) < 4.78 is 5.80. The molecular weight excluding hydrogens is 228 g/mol. The molecule has 0 fully saturated rings. The van der Waals surface area contributed by atoms with E-state index in [9.17, 15) is 9.90 Å². The lowest BCUT2D eigenvalue weighted by Gasteiger charge is -2.35. The SMILES string of the molecule is CCCCOC1(C(=O)O)CCCc2ccccc21. The number of hydrogen-bond acceptors (Lipinski definition) is 2. The number of carbonyl (C=O) groups is 1. The molecule has 1 aliphatic carbocycles. The zero-order valence-electron chi connectivity index (χ0n) is 10.8. The minimum atomic E-state index is -1.12. The minimum Gasteiger partial charge on any atom is -0.479 e. The molecule has 3 nitrogen and oxygen atoms in total. The zero-order valence-corrected chi connectivity index (χ0v) is 10.8. The third-order valence-corrected chi connectivity index (χ3v) is 3.62. The molecule has 3 heteroatoms. The van der Waals surface area contributed by atoms with Crippen LogP contribution in [-0.4, -0.2) is 17.7 Å². The van der Waals surface area contributed by atoms with Crippen molar-refractivity contribution in [2.75, 3.05) is 6.61 Å². The van der Waals surface area contributed by atoms with Crippen molar-refractivity contribution in [2.24, 2.45) is 0 Å². The summed E-state index contributed by atoms with van der Waals surface area (Å²) in [7, 11) is 0. The molecule has 0 radical (unpaired) electrons. The predicted octanol–water partition coefficient (Wildman–Crippen LogP) is 3.12. The monoisotopic (exact) mass is 248 g/mol. The smallest absolute Gasteiger partial charge is 0.340 e. The summed E-state index contributed by atoms with van der Waals surface area (Å²) in [6.45, 7) is 2.59. The first kappa shape index (κ1) is 13.1. The van der Waals surface area contributed by atoms with Crippen LogP contribution in [0.4, 0.5) is 0 Å². The average molecular weight is 248 g/mol. The van der Waals surface area contributed by atoms with Crippen molar-refractivity contribution in [3.63, 3.8) is 0 Å². The van der Waals surface area contributed by atoms with Crippen LogP contribution in [0.15, 0.2) is 24.3 Å². The van der Waals surface area contributed by atoms with Gasteiger partial charge in [-0.1, -0.05) is 37.6 Å². The van der Waals surface area contributed by atoms with Gasteiger partial charge in [-0.15, -0.1) is 0 Å². The van der Waals surface area contributed by atoms with Gasteiger partial charge in [0.1, 0.15) is 0 Å². The van der Waals surface area contributed by atoms with E-state index in [0.29, 0.717) is 13.0 Å². The van der Waals surface area contributed by atoms with Crippen LogP contribution in [0.25, 0.3) is 0 Å². The molecule has 0 amide bonds. The number of aliphatic carboxylic acids is 1. The Hall–Kier alpha value is -1.35.